The van der Waals surface area contributed by atoms with Crippen molar-refractivity contribution in [3.05, 3.63) is 76.3 Å². The van der Waals surface area contributed by atoms with Crippen LogP contribution < -0.4 is 5.32 Å². The van der Waals surface area contributed by atoms with E-state index in [-0.39, 0.29) is 17.1 Å². The van der Waals surface area contributed by atoms with Crippen molar-refractivity contribution in [3.8, 4) is 5.75 Å². The maximum Gasteiger partial charge on any atom is 0.293 e. The van der Waals surface area contributed by atoms with E-state index in [4.69, 9.17) is 5.26 Å². The molecule has 0 aliphatic rings. The molecule has 0 fully saturated rings. The summed E-state index contributed by atoms with van der Waals surface area (Å²) in [6.07, 6.45) is 0. The van der Waals surface area contributed by atoms with Crippen molar-refractivity contribution >= 4 is 40.5 Å². The molecule has 0 spiro atoms. The van der Waals surface area contributed by atoms with Gasteiger partial charge in [0, 0.05) is 16.6 Å². The third-order valence-corrected chi connectivity index (χ3v) is 4.50. The predicted octanol–water partition coefficient (Wildman–Crippen LogP) is 6.20. The fourth-order valence-electron chi connectivity index (χ4n) is 2.50. The second kappa shape index (κ2) is 9.80. The lowest BCUT2D eigenvalue weighted by Gasteiger charge is -2.08. The Balaban J connectivity index is 1.74. The molecule has 10 nitrogen and oxygen atoms in total. The third-order valence-electron chi connectivity index (χ3n) is 3.93. The van der Waals surface area contributed by atoms with Gasteiger partial charge in [0.15, 0.2) is 0 Å². The summed E-state index contributed by atoms with van der Waals surface area (Å²) in [5, 5.41) is 43.8. The van der Waals surface area contributed by atoms with Crippen LogP contribution in [0.15, 0.2) is 75.8 Å². The van der Waals surface area contributed by atoms with Crippen molar-refractivity contribution in [1.82, 2.24) is 0 Å². The van der Waals surface area contributed by atoms with E-state index >= 15 is 0 Å². The molecule has 0 bridgehead atoms. The molecule has 0 aliphatic carbocycles. The number of nitrogens with zero attached hydrogens (tertiary/aromatic N) is 3. The summed E-state index contributed by atoms with van der Waals surface area (Å²) in [5.74, 6) is 0.164. The minimum absolute atomic E-state index is 0.164. The van der Waals surface area contributed by atoms with E-state index in [0.29, 0.717) is 34.0 Å². The molecule has 30 heavy (non-hydrogen) atoms. The molecule has 0 saturated carbocycles. The molecule has 0 saturated heterocycles. The van der Waals surface area contributed by atoms with Gasteiger partial charge in [-0.1, -0.05) is 5.04 Å². The maximum absolute atomic E-state index is 11.4. The van der Waals surface area contributed by atoms with Gasteiger partial charge >= 0.3 is 0 Å². The Morgan fingerprint density at radius 1 is 1.07 bits per heavy atom. The average molecular weight is 428 g/mol. The van der Waals surface area contributed by atoms with E-state index in [1.54, 1.807) is 42.5 Å². The van der Waals surface area contributed by atoms with Gasteiger partial charge in [0.2, 0.25) is 0 Å². The second-order valence-electron chi connectivity index (χ2n) is 6.00. The van der Waals surface area contributed by atoms with E-state index in [1.807, 2.05) is 6.92 Å². The fourth-order valence-corrected chi connectivity index (χ4v) is 2.90. The van der Waals surface area contributed by atoms with Gasteiger partial charge in [-0.15, -0.1) is 4.33 Å². The summed E-state index contributed by atoms with van der Waals surface area (Å²) < 4.78 is 4.29. The lowest BCUT2D eigenvalue weighted by atomic mass is 10.2. The topological polar surface area (TPSA) is 139 Å². The van der Waals surface area contributed by atoms with Gasteiger partial charge in [0.25, 0.3) is 5.69 Å². The van der Waals surface area contributed by atoms with Gasteiger partial charge in [0.1, 0.15) is 11.4 Å². The van der Waals surface area contributed by atoms with Crippen LogP contribution in [0.4, 0.5) is 28.4 Å². The molecule has 154 valence electrons. The summed E-state index contributed by atoms with van der Waals surface area (Å²) in [7, 11) is 0. The highest BCUT2D eigenvalue weighted by Crippen LogP contribution is 2.33. The summed E-state index contributed by atoms with van der Waals surface area (Å²) in [4.78, 5) is 11.2. The second-order valence-corrected chi connectivity index (χ2v) is 6.78. The lowest BCUT2D eigenvalue weighted by Crippen LogP contribution is -1.97. The van der Waals surface area contributed by atoms with Crippen LogP contribution in [0.1, 0.15) is 5.56 Å². The van der Waals surface area contributed by atoms with Gasteiger partial charge in [0.05, 0.1) is 28.3 Å². The zero-order valence-corrected chi connectivity index (χ0v) is 16.4. The highest BCUT2D eigenvalue weighted by molar-refractivity contribution is 7.94. The summed E-state index contributed by atoms with van der Waals surface area (Å²) in [5.41, 5.74) is 2.75. The fraction of sp³-hybridized carbons (Fsp3) is 0.0526. The molecular weight excluding hydrogens is 412 g/mol. The van der Waals surface area contributed by atoms with Crippen molar-refractivity contribution in [3.63, 3.8) is 0 Å². The Labute approximate surface area is 175 Å². The molecule has 0 heterocycles. The number of nitro benzene ring substituents is 1. The number of azo groups is 1. The number of hydrogen-bond donors (Lipinski definition) is 3. The third kappa shape index (κ3) is 5.52. The Kier molecular flexibility index (Phi) is 6.93. The summed E-state index contributed by atoms with van der Waals surface area (Å²) in [6.45, 7) is 1.82. The van der Waals surface area contributed by atoms with Gasteiger partial charge in [-0.25, -0.2) is 5.26 Å². The number of aryl methyl sites for hydroxylation is 1. The number of rotatable bonds is 8. The highest BCUT2D eigenvalue weighted by atomic mass is 32.2. The monoisotopic (exact) mass is 428 g/mol. The van der Waals surface area contributed by atoms with Crippen LogP contribution in [0.3, 0.4) is 0 Å². The number of hydrogen-bond acceptors (Lipinski definition) is 10. The molecule has 3 rings (SSSR count). The van der Waals surface area contributed by atoms with Crippen molar-refractivity contribution in [2.24, 2.45) is 10.2 Å². The average Bonchev–Trinajstić information content (AvgIpc) is 2.73. The smallest absolute Gasteiger partial charge is 0.293 e. The first-order chi connectivity index (χ1) is 14.5. The number of phenolic OH excluding ortho intramolecular Hbond substituents is 1. The molecule has 0 amide bonds. The van der Waals surface area contributed by atoms with E-state index in [0.717, 1.165) is 5.56 Å². The first-order valence-electron chi connectivity index (χ1n) is 8.48. The van der Waals surface area contributed by atoms with Gasteiger partial charge in [-0.2, -0.15) is 10.2 Å². The van der Waals surface area contributed by atoms with E-state index < -0.39 is 4.92 Å². The van der Waals surface area contributed by atoms with Crippen molar-refractivity contribution < 1.29 is 24.7 Å². The molecular formula is C19H16N4O6S. The molecule has 0 radical (unpaired) electrons. The summed E-state index contributed by atoms with van der Waals surface area (Å²) >= 11 is 0.633. The lowest BCUT2D eigenvalue weighted by molar-refractivity contribution is -0.432. The number of nitro groups is 1. The largest absolute Gasteiger partial charge is 0.508 e. The Morgan fingerprint density at radius 2 is 1.83 bits per heavy atom. The Bertz CT molecular complexity index is 1080. The summed E-state index contributed by atoms with van der Waals surface area (Å²) in [6, 6.07) is 16.0. The number of benzene rings is 3. The quantitative estimate of drug-likeness (QED) is 0.127. The molecule has 11 heteroatoms. The minimum Gasteiger partial charge on any atom is -0.508 e. The number of nitrogens with one attached hydrogen (secondary N) is 1. The Hall–Kier alpha value is -3.51. The van der Waals surface area contributed by atoms with Gasteiger partial charge in [-0.05, 0) is 67.1 Å². The molecule has 3 aromatic carbocycles. The Morgan fingerprint density at radius 3 is 2.50 bits per heavy atom. The number of anilines is 2. The van der Waals surface area contributed by atoms with Crippen LogP contribution in [-0.2, 0) is 9.37 Å². The van der Waals surface area contributed by atoms with Crippen LogP contribution in [0.2, 0.25) is 0 Å². The molecule has 3 N–H and O–H groups in total. The normalized spacial score (nSPS) is 11.0. The van der Waals surface area contributed by atoms with Crippen molar-refractivity contribution in [2.75, 3.05) is 5.32 Å². The standard InChI is InChI=1S/C19H16N4O6S/c1-12-10-15(24)6-8-17(12)22-21-14-4-2-13(3-5-14)20-18-9-7-16(30-29-28-27)11-19(18)23(25)26/h2-11,20,24,27H,1H3. The highest BCUT2D eigenvalue weighted by Gasteiger charge is 2.15. The molecule has 0 atom stereocenters. The van der Waals surface area contributed by atoms with Crippen molar-refractivity contribution in [1.29, 1.82) is 0 Å². The molecule has 3 aromatic rings. The molecule has 0 aromatic heterocycles. The maximum atomic E-state index is 11.4. The van der Waals surface area contributed by atoms with E-state index in [9.17, 15) is 15.2 Å². The molecule has 0 unspecified atom stereocenters. The first kappa shape index (κ1) is 21.2. The zero-order chi connectivity index (χ0) is 21.5. The number of aromatic hydroxyl groups is 1. The van der Waals surface area contributed by atoms with Crippen LogP contribution in [0, 0.1) is 17.0 Å². The van der Waals surface area contributed by atoms with Gasteiger partial charge < -0.3 is 10.4 Å². The van der Waals surface area contributed by atoms with Crippen molar-refractivity contribution in [2.45, 2.75) is 11.8 Å². The van der Waals surface area contributed by atoms with Crippen LogP contribution in [0.5, 0.6) is 5.75 Å². The first-order valence-corrected chi connectivity index (χ1v) is 9.22. The van der Waals surface area contributed by atoms with Crippen LogP contribution in [-0.4, -0.2) is 15.3 Å². The van der Waals surface area contributed by atoms with E-state index in [1.165, 1.54) is 18.2 Å². The zero-order valence-electron chi connectivity index (χ0n) is 15.6. The van der Waals surface area contributed by atoms with Crippen LogP contribution in [0.25, 0.3) is 0 Å². The SMILES string of the molecule is Cc1cc(O)ccc1N=Nc1ccc(Nc2ccc(SOOO)cc2[N+](=O)[O-])cc1. The predicted molar refractivity (Wildman–Crippen MR) is 110 cm³/mol. The van der Waals surface area contributed by atoms with E-state index in [2.05, 4.69) is 24.9 Å². The van der Waals surface area contributed by atoms with Gasteiger partial charge in [-0.3, -0.25) is 10.1 Å². The van der Waals surface area contributed by atoms with Crippen LogP contribution >= 0.6 is 12.0 Å². The minimum atomic E-state index is -0.533. The molecule has 0 aliphatic heterocycles. The number of phenols is 1.